The van der Waals surface area contributed by atoms with E-state index in [2.05, 4.69) is 38.1 Å². The molecule has 128 valence electrons. The normalized spacial score (nSPS) is 15.5. The Bertz CT molecular complexity index is 455. The number of hydrogen-bond donors (Lipinski definition) is 0. The van der Waals surface area contributed by atoms with Crippen molar-refractivity contribution in [3.05, 3.63) is 60.2 Å². The van der Waals surface area contributed by atoms with Gasteiger partial charge in [0.2, 0.25) is 0 Å². The molecule has 1 aromatic carbocycles. The third-order valence-electron chi connectivity index (χ3n) is 1.94. The van der Waals surface area contributed by atoms with Crippen molar-refractivity contribution in [3.63, 3.8) is 0 Å². The minimum Gasteiger partial charge on any atom is -0.256 e. The largest absolute Gasteiger partial charge is 2.00 e. The number of hydrogen-bond acceptors (Lipinski definition) is 0. The van der Waals surface area contributed by atoms with E-state index in [4.69, 9.17) is 0 Å². The molecule has 1 aliphatic carbocycles. The summed E-state index contributed by atoms with van der Waals surface area (Å²) in [5, 5.41) is 0. The van der Waals surface area contributed by atoms with Crippen LogP contribution in [0.2, 0.25) is 0 Å². The van der Waals surface area contributed by atoms with Crippen LogP contribution in [0.1, 0.15) is 31.7 Å². The maximum atomic E-state index is 9.87. The molecule has 1 aliphatic rings. The molecule has 0 amide bonds. The Kier molecular flexibility index (Phi) is 8.74. The summed E-state index contributed by atoms with van der Waals surface area (Å²) in [6.45, 7) is 4.34. The first-order chi connectivity index (χ1) is 9.25. The minimum absolute atomic E-state index is 0. The fourth-order valence-corrected chi connectivity index (χ4v) is 1.11. The first-order valence-electron chi connectivity index (χ1n) is 6.01. The molecule has 0 atom stereocenters. The van der Waals surface area contributed by atoms with E-state index in [0.29, 0.717) is 5.92 Å². The van der Waals surface area contributed by atoms with Gasteiger partial charge in [0.15, 0.2) is 0 Å². The second-order valence-corrected chi connectivity index (χ2v) is 6.36. The number of allylic oxidation sites excluding steroid dienone is 4. The molecule has 22 heavy (non-hydrogen) atoms. The van der Waals surface area contributed by atoms with Crippen molar-refractivity contribution in [1.29, 1.82) is 0 Å². The number of halogens is 6. The Morgan fingerprint density at radius 2 is 1.59 bits per heavy atom. The molecule has 0 spiro atoms. The van der Waals surface area contributed by atoms with E-state index in [-0.39, 0.29) is 17.1 Å². The van der Waals surface area contributed by atoms with Gasteiger partial charge in [0.25, 0.3) is 0 Å². The van der Waals surface area contributed by atoms with Crippen LogP contribution in [0.5, 0.6) is 0 Å². The van der Waals surface area contributed by atoms with E-state index in [1.54, 1.807) is 0 Å². The van der Waals surface area contributed by atoms with Crippen LogP contribution in [0.3, 0.4) is 0 Å². The standard InChI is InChI=1S/C9H11.C5H5.F6P.Fe/c1-8(2)9-6-4-3-5-7-9;1-2-4-5-3-1;1-7(2,3,4,5)6;/h3-6,8H,1-2H3;1-2,5H,3H2;;/q3*-1;+2. The Hall–Kier alpha value is -0.771. The van der Waals surface area contributed by atoms with E-state index in [9.17, 15) is 25.2 Å². The third kappa shape index (κ3) is 24.3. The summed E-state index contributed by atoms with van der Waals surface area (Å²) in [5.74, 6) is 0.603. The Balaban J connectivity index is 0. The van der Waals surface area contributed by atoms with Gasteiger partial charge >= 0.3 is 50.1 Å². The van der Waals surface area contributed by atoms with Crippen molar-refractivity contribution < 1.29 is 42.3 Å². The zero-order chi connectivity index (χ0) is 16.6. The quantitative estimate of drug-likeness (QED) is 0.206. The molecule has 8 heteroatoms. The van der Waals surface area contributed by atoms with Gasteiger partial charge in [0, 0.05) is 0 Å². The molecule has 2 rings (SSSR count). The van der Waals surface area contributed by atoms with Gasteiger partial charge in [-0.2, -0.15) is 42.0 Å². The second kappa shape index (κ2) is 8.19. The molecular weight excluding hydrogens is 369 g/mol. The van der Waals surface area contributed by atoms with Crippen molar-refractivity contribution in [2.45, 2.75) is 26.2 Å². The van der Waals surface area contributed by atoms with Gasteiger partial charge in [-0.15, -0.1) is 6.42 Å². The summed E-state index contributed by atoms with van der Waals surface area (Å²) in [6, 6.07) is 11.3. The Labute approximate surface area is 137 Å². The monoisotopic (exact) mass is 385 g/mol. The average Bonchev–Trinajstić information content (AvgIpc) is 2.84. The van der Waals surface area contributed by atoms with Crippen LogP contribution in [-0.2, 0) is 17.1 Å². The SMILES string of the molecule is CC(C)c1[c-]cccc1.F[P-](F)(F)(F)(F)F.[C-]1=CCC=C1.[Fe+2]. The van der Waals surface area contributed by atoms with Crippen LogP contribution in [0.25, 0.3) is 0 Å². The van der Waals surface area contributed by atoms with Gasteiger partial charge in [-0.25, -0.2) is 12.2 Å². The van der Waals surface area contributed by atoms with E-state index in [1.807, 2.05) is 30.4 Å². The topological polar surface area (TPSA) is 0 Å². The summed E-state index contributed by atoms with van der Waals surface area (Å²) in [4.78, 5) is 0. The van der Waals surface area contributed by atoms with Gasteiger partial charge in [0.1, 0.15) is 0 Å². The van der Waals surface area contributed by atoms with Crippen LogP contribution in [0.4, 0.5) is 25.2 Å². The van der Waals surface area contributed by atoms with Crippen molar-refractivity contribution >= 4 is 7.81 Å². The zero-order valence-electron chi connectivity index (χ0n) is 11.9. The van der Waals surface area contributed by atoms with E-state index in [0.717, 1.165) is 6.42 Å². The molecule has 1 aromatic rings. The van der Waals surface area contributed by atoms with Gasteiger partial charge in [-0.1, -0.05) is 13.8 Å². The smallest absolute Gasteiger partial charge is 0.256 e. The van der Waals surface area contributed by atoms with Gasteiger partial charge in [-0.05, 0) is 5.92 Å². The number of benzene rings is 1. The average molecular weight is 385 g/mol. The molecule has 0 heterocycles. The minimum atomic E-state index is -10.7. The molecule has 0 N–H and O–H groups in total. The van der Waals surface area contributed by atoms with Crippen LogP contribution < -0.4 is 0 Å². The molecule has 0 aliphatic heterocycles. The second-order valence-electron chi connectivity index (χ2n) is 4.44. The van der Waals surface area contributed by atoms with Crippen LogP contribution in [0.15, 0.2) is 42.5 Å². The van der Waals surface area contributed by atoms with Gasteiger partial charge < -0.3 is 0 Å². The molecule has 0 fully saturated rings. The molecule has 0 saturated carbocycles. The van der Waals surface area contributed by atoms with Crippen molar-refractivity contribution in [2.24, 2.45) is 0 Å². The third-order valence-corrected chi connectivity index (χ3v) is 1.94. The zero-order valence-corrected chi connectivity index (χ0v) is 13.9. The molecule has 0 radical (unpaired) electrons. The summed E-state index contributed by atoms with van der Waals surface area (Å²) in [7, 11) is -10.7. The maximum Gasteiger partial charge on any atom is 2.00 e. The Morgan fingerprint density at radius 1 is 1.05 bits per heavy atom. The maximum absolute atomic E-state index is 10.7. The summed E-state index contributed by atoms with van der Waals surface area (Å²) < 4.78 is 59.2. The van der Waals surface area contributed by atoms with Crippen molar-refractivity contribution in [1.82, 2.24) is 0 Å². The molecule has 0 aromatic heterocycles. The fourth-order valence-electron chi connectivity index (χ4n) is 1.11. The Morgan fingerprint density at radius 3 is 1.77 bits per heavy atom. The molecule has 0 bridgehead atoms. The molecule has 0 saturated heterocycles. The van der Waals surface area contributed by atoms with Gasteiger partial charge in [-0.3, -0.25) is 6.08 Å². The van der Waals surface area contributed by atoms with E-state index >= 15 is 0 Å². The van der Waals surface area contributed by atoms with Gasteiger partial charge in [0.05, 0.1) is 0 Å². The van der Waals surface area contributed by atoms with E-state index < -0.39 is 7.81 Å². The summed E-state index contributed by atoms with van der Waals surface area (Å²) in [5.41, 5.74) is 1.29. The number of rotatable bonds is 1. The van der Waals surface area contributed by atoms with Crippen molar-refractivity contribution in [2.75, 3.05) is 0 Å². The first kappa shape index (κ1) is 23.5. The van der Waals surface area contributed by atoms with Crippen molar-refractivity contribution in [3.8, 4) is 0 Å². The fraction of sp³-hybridized carbons (Fsp3) is 0.286. The van der Waals surface area contributed by atoms with Crippen LogP contribution in [-0.4, -0.2) is 0 Å². The van der Waals surface area contributed by atoms with Crippen LogP contribution >= 0.6 is 7.81 Å². The van der Waals surface area contributed by atoms with E-state index in [1.165, 1.54) is 5.56 Å². The molecular formula is C14H16F6FeP-. The summed E-state index contributed by atoms with van der Waals surface area (Å²) in [6.07, 6.45) is 10.0. The molecule has 0 nitrogen and oxygen atoms in total. The predicted octanol–water partition coefficient (Wildman–Crippen LogP) is 7.30. The first-order valence-corrected chi connectivity index (χ1v) is 8.04. The molecule has 0 unspecified atom stereocenters. The predicted molar refractivity (Wildman–Crippen MR) is 74.5 cm³/mol. The van der Waals surface area contributed by atoms with Crippen LogP contribution in [0, 0.1) is 12.1 Å². The summed E-state index contributed by atoms with van der Waals surface area (Å²) >= 11 is 0.